The molecule has 0 saturated carbocycles. The summed E-state index contributed by atoms with van der Waals surface area (Å²) in [6.45, 7) is 4.94. The summed E-state index contributed by atoms with van der Waals surface area (Å²) in [6.07, 6.45) is 5.20. The van der Waals surface area contributed by atoms with E-state index in [0.29, 0.717) is 51.0 Å². The molecule has 3 heterocycles. The monoisotopic (exact) mass is 431 g/mol. The van der Waals surface area contributed by atoms with Crippen molar-refractivity contribution >= 4 is 17.5 Å². The van der Waals surface area contributed by atoms with Gasteiger partial charge in [0.25, 0.3) is 16.8 Å². The van der Waals surface area contributed by atoms with Crippen LogP contribution in [0.2, 0.25) is 0 Å². The summed E-state index contributed by atoms with van der Waals surface area (Å²) in [7, 11) is 0. The Morgan fingerprint density at radius 2 is 1.84 bits per heavy atom. The van der Waals surface area contributed by atoms with Gasteiger partial charge in [-0.1, -0.05) is 0 Å². The van der Waals surface area contributed by atoms with Gasteiger partial charge in [-0.05, 0) is 19.8 Å². The quantitative estimate of drug-likeness (QED) is 0.473. The molecule has 0 radical (unpaired) electrons. The number of carbonyl (C=O) groups excluding carboxylic acids is 1. The zero-order chi connectivity index (χ0) is 21.8. The molecule has 2 saturated heterocycles. The molecule has 31 heavy (non-hydrogen) atoms. The van der Waals surface area contributed by atoms with E-state index in [-0.39, 0.29) is 11.3 Å². The smallest absolute Gasteiger partial charge is 0.278 e. The molecule has 0 bridgehead atoms. The largest absolute Gasteiger partial charge is 0.488 e. The van der Waals surface area contributed by atoms with Gasteiger partial charge in [-0.3, -0.25) is 14.4 Å². The van der Waals surface area contributed by atoms with Gasteiger partial charge in [0, 0.05) is 51.6 Å². The second kappa shape index (κ2) is 9.40. The first-order valence-corrected chi connectivity index (χ1v) is 10.4. The Labute approximate surface area is 178 Å². The molecule has 2 aliphatic heterocycles. The molecule has 1 amide bonds. The van der Waals surface area contributed by atoms with Crippen molar-refractivity contribution in [3.8, 4) is 5.75 Å². The second-order valence-electron chi connectivity index (χ2n) is 7.36. The van der Waals surface area contributed by atoms with Gasteiger partial charge in [-0.2, -0.15) is 0 Å². The van der Waals surface area contributed by atoms with E-state index >= 15 is 0 Å². The first-order chi connectivity index (χ1) is 15.1. The molecular formula is C20H25N5O6. The molecule has 11 nitrogen and oxygen atoms in total. The van der Waals surface area contributed by atoms with Crippen LogP contribution in [0.4, 0.5) is 11.6 Å². The van der Waals surface area contributed by atoms with E-state index in [1.807, 2.05) is 9.80 Å². The van der Waals surface area contributed by atoms with Gasteiger partial charge < -0.3 is 19.3 Å². The normalized spacial score (nSPS) is 19.5. The van der Waals surface area contributed by atoms with Crippen LogP contribution < -0.4 is 30.9 Å². The number of anilines is 2. The predicted octanol–water partition coefficient (Wildman–Crippen LogP) is -0.0141. The first-order valence-electron chi connectivity index (χ1n) is 10.4. The van der Waals surface area contributed by atoms with Crippen molar-refractivity contribution in [2.75, 3.05) is 49.2 Å². The highest BCUT2D eigenvalue weighted by Crippen LogP contribution is 2.24. The molecule has 1 atom stereocenters. The Bertz CT molecular complexity index is 973. The molecule has 0 spiro atoms. The lowest BCUT2D eigenvalue weighted by Gasteiger charge is -2.36. The van der Waals surface area contributed by atoms with Gasteiger partial charge in [0.2, 0.25) is 5.95 Å². The summed E-state index contributed by atoms with van der Waals surface area (Å²) in [5.41, 5.74) is 1.97. The Kier molecular flexibility index (Phi) is 6.42. The fraction of sp³-hybridized carbons (Fsp3) is 0.550. The van der Waals surface area contributed by atoms with E-state index in [4.69, 9.17) is 14.3 Å². The van der Waals surface area contributed by atoms with Crippen LogP contribution in [0.3, 0.4) is 0 Å². The number of rotatable bonds is 7. The molecule has 0 aliphatic carbocycles. The molecule has 4 rings (SSSR count). The van der Waals surface area contributed by atoms with Crippen LogP contribution in [0.15, 0.2) is 22.0 Å². The number of carbonyl (C=O) groups is 1. The number of ether oxygens (including phenoxy) is 2. The first kappa shape index (κ1) is 21.2. The summed E-state index contributed by atoms with van der Waals surface area (Å²) in [5.74, 6) is 0.213. The lowest BCUT2D eigenvalue weighted by atomic mass is 10.1. The average Bonchev–Trinajstić information content (AvgIpc) is 2.83. The number of piperazine rings is 1. The maximum absolute atomic E-state index is 12.2. The minimum absolute atomic E-state index is 0.161. The SMILES string of the molecule is CCOc1c(N2CCN(c3ncc(C(=O)NOC4CCCCO4)cn3)CC2)c(=O)c1=O. The van der Waals surface area contributed by atoms with Crippen LogP contribution in [-0.2, 0) is 9.57 Å². The summed E-state index contributed by atoms with van der Waals surface area (Å²) >= 11 is 0. The fourth-order valence-electron chi connectivity index (χ4n) is 3.64. The molecule has 2 fully saturated rings. The van der Waals surface area contributed by atoms with Gasteiger partial charge in [0.15, 0.2) is 12.0 Å². The van der Waals surface area contributed by atoms with E-state index in [1.54, 1.807) is 6.92 Å². The number of amides is 1. The van der Waals surface area contributed by atoms with Crippen LogP contribution in [-0.4, -0.2) is 61.6 Å². The Hall–Kier alpha value is -3.05. The zero-order valence-electron chi connectivity index (χ0n) is 17.3. The van der Waals surface area contributed by atoms with Gasteiger partial charge in [-0.15, -0.1) is 0 Å². The van der Waals surface area contributed by atoms with Crippen molar-refractivity contribution in [3.63, 3.8) is 0 Å². The third kappa shape index (κ3) is 4.52. The molecule has 2 aliphatic rings. The van der Waals surface area contributed by atoms with E-state index < -0.39 is 23.1 Å². The van der Waals surface area contributed by atoms with Crippen LogP contribution in [0, 0.1) is 0 Å². The number of nitrogens with one attached hydrogen (secondary N) is 1. The van der Waals surface area contributed by atoms with E-state index in [0.717, 1.165) is 19.3 Å². The van der Waals surface area contributed by atoms with Crippen molar-refractivity contribution in [2.24, 2.45) is 0 Å². The zero-order valence-corrected chi connectivity index (χ0v) is 17.3. The van der Waals surface area contributed by atoms with Crippen molar-refractivity contribution in [1.82, 2.24) is 15.4 Å². The molecular weight excluding hydrogens is 406 g/mol. The summed E-state index contributed by atoms with van der Waals surface area (Å²) < 4.78 is 10.7. The molecule has 166 valence electrons. The van der Waals surface area contributed by atoms with Crippen molar-refractivity contribution in [3.05, 3.63) is 38.4 Å². The number of aromatic nitrogens is 2. The number of nitrogens with zero attached hydrogens (tertiary/aromatic N) is 4. The van der Waals surface area contributed by atoms with Crippen LogP contribution in [0.1, 0.15) is 36.5 Å². The van der Waals surface area contributed by atoms with Crippen molar-refractivity contribution in [2.45, 2.75) is 32.5 Å². The molecule has 2 aromatic rings. The lowest BCUT2D eigenvalue weighted by molar-refractivity contribution is -0.186. The molecule has 1 aromatic carbocycles. The van der Waals surface area contributed by atoms with E-state index in [9.17, 15) is 14.4 Å². The minimum Gasteiger partial charge on any atom is -0.488 e. The molecule has 11 heteroatoms. The predicted molar refractivity (Wildman–Crippen MR) is 111 cm³/mol. The second-order valence-corrected chi connectivity index (χ2v) is 7.36. The molecule has 1 unspecified atom stereocenters. The number of hydroxylamine groups is 1. The third-order valence-corrected chi connectivity index (χ3v) is 5.33. The fourth-order valence-corrected chi connectivity index (χ4v) is 3.64. The van der Waals surface area contributed by atoms with E-state index in [2.05, 4.69) is 15.4 Å². The van der Waals surface area contributed by atoms with Crippen LogP contribution >= 0.6 is 0 Å². The minimum atomic E-state index is -0.560. The van der Waals surface area contributed by atoms with Crippen molar-refractivity contribution in [1.29, 1.82) is 0 Å². The lowest BCUT2D eigenvalue weighted by Crippen LogP contribution is -2.51. The third-order valence-electron chi connectivity index (χ3n) is 5.33. The highest BCUT2D eigenvalue weighted by Gasteiger charge is 2.30. The number of hydrogen-bond donors (Lipinski definition) is 1. The average molecular weight is 431 g/mol. The number of hydrogen-bond acceptors (Lipinski definition) is 10. The van der Waals surface area contributed by atoms with Gasteiger partial charge in [-0.25, -0.2) is 20.3 Å². The van der Waals surface area contributed by atoms with Crippen molar-refractivity contribution < 1.29 is 19.1 Å². The summed E-state index contributed by atoms with van der Waals surface area (Å²) in [5, 5.41) is 0. The molecule has 1 aromatic heterocycles. The molecule has 1 N–H and O–H groups in total. The standard InChI is InChI=1S/C20H25N5O6/c1-2-29-18-15(16(26)17(18)27)24-6-8-25(9-7-24)20-21-11-13(12-22-20)19(28)23-31-14-5-3-4-10-30-14/h11-12,14H,2-10H2,1H3,(H,23,28). The van der Waals surface area contributed by atoms with Gasteiger partial charge >= 0.3 is 0 Å². The Balaban J connectivity index is 1.30. The maximum Gasteiger partial charge on any atom is 0.278 e. The summed E-state index contributed by atoms with van der Waals surface area (Å²) in [4.78, 5) is 53.5. The van der Waals surface area contributed by atoms with Crippen LogP contribution in [0.25, 0.3) is 0 Å². The Morgan fingerprint density at radius 3 is 2.48 bits per heavy atom. The van der Waals surface area contributed by atoms with Gasteiger partial charge in [0.05, 0.1) is 12.2 Å². The van der Waals surface area contributed by atoms with Gasteiger partial charge in [0.1, 0.15) is 5.69 Å². The van der Waals surface area contributed by atoms with E-state index in [1.165, 1.54) is 12.4 Å². The highest BCUT2D eigenvalue weighted by molar-refractivity contribution is 5.92. The summed E-state index contributed by atoms with van der Waals surface area (Å²) in [6, 6.07) is 0. The topological polar surface area (TPSA) is 123 Å². The van der Waals surface area contributed by atoms with Crippen LogP contribution in [0.5, 0.6) is 5.75 Å². The maximum atomic E-state index is 12.2. The highest BCUT2D eigenvalue weighted by atomic mass is 16.8. The Morgan fingerprint density at radius 1 is 1.13 bits per heavy atom.